The number of amides is 2. The van der Waals surface area contributed by atoms with E-state index < -0.39 is 18.0 Å². The van der Waals surface area contributed by atoms with Crippen LogP contribution >= 0.6 is 0 Å². The van der Waals surface area contributed by atoms with Gasteiger partial charge in [0.1, 0.15) is 0 Å². The second-order valence-corrected chi connectivity index (χ2v) is 3.01. The van der Waals surface area contributed by atoms with Gasteiger partial charge in [0, 0.05) is 0 Å². The van der Waals surface area contributed by atoms with Crippen LogP contribution < -0.4 is 11.1 Å². The standard InChI is InChI=1S/C4H6N2O2.C4H6O4/c5-2-1-3(7)6-4(2)8;5-3(6)1-2-4(7)8/h2H,1,5H2,(H,6,7,8);1-2H2,(H,5,6)(H,7,8). The molecule has 16 heavy (non-hydrogen) atoms. The third-order valence-electron chi connectivity index (χ3n) is 1.56. The van der Waals surface area contributed by atoms with Crippen molar-refractivity contribution in [1.82, 2.24) is 5.32 Å². The Bertz CT molecular complexity index is 300. The summed E-state index contributed by atoms with van der Waals surface area (Å²) < 4.78 is 0. The summed E-state index contributed by atoms with van der Waals surface area (Å²) in [5, 5.41) is 17.9. The number of imide groups is 1. The molecule has 1 saturated heterocycles. The molecule has 5 N–H and O–H groups in total. The minimum Gasteiger partial charge on any atom is -0.481 e. The van der Waals surface area contributed by atoms with Gasteiger partial charge in [0.25, 0.3) is 0 Å². The molecule has 0 aromatic heterocycles. The van der Waals surface area contributed by atoms with E-state index >= 15 is 0 Å². The maximum Gasteiger partial charge on any atom is 0.303 e. The van der Waals surface area contributed by atoms with Crippen LogP contribution in [-0.2, 0) is 19.2 Å². The molecule has 1 unspecified atom stereocenters. The van der Waals surface area contributed by atoms with Gasteiger partial charge in [0.2, 0.25) is 11.8 Å². The van der Waals surface area contributed by atoms with Gasteiger partial charge in [-0.05, 0) is 0 Å². The van der Waals surface area contributed by atoms with Crippen LogP contribution in [0.2, 0.25) is 0 Å². The molecule has 1 fully saturated rings. The molecule has 1 atom stereocenters. The van der Waals surface area contributed by atoms with Crippen molar-refractivity contribution in [3.63, 3.8) is 0 Å². The lowest BCUT2D eigenvalue weighted by molar-refractivity contribution is -0.143. The molecule has 1 heterocycles. The van der Waals surface area contributed by atoms with E-state index in [1.54, 1.807) is 0 Å². The molecular weight excluding hydrogens is 220 g/mol. The predicted molar refractivity (Wildman–Crippen MR) is 50.2 cm³/mol. The Morgan fingerprint density at radius 3 is 1.81 bits per heavy atom. The van der Waals surface area contributed by atoms with Crippen molar-refractivity contribution in [3.05, 3.63) is 0 Å². The lowest BCUT2D eigenvalue weighted by Crippen LogP contribution is -2.30. The van der Waals surface area contributed by atoms with E-state index in [-0.39, 0.29) is 31.1 Å². The highest BCUT2D eigenvalue weighted by molar-refractivity contribution is 6.05. The van der Waals surface area contributed by atoms with Crippen LogP contribution in [0, 0.1) is 0 Å². The first-order valence-corrected chi connectivity index (χ1v) is 4.35. The Kier molecular flexibility index (Phi) is 5.71. The number of rotatable bonds is 3. The van der Waals surface area contributed by atoms with E-state index in [1.165, 1.54) is 0 Å². The minimum absolute atomic E-state index is 0.138. The van der Waals surface area contributed by atoms with Crippen molar-refractivity contribution in [2.24, 2.45) is 5.73 Å². The second kappa shape index (κ2) is 6.51. The Morgan fingerprint density at radius 2 is 1.69 bits per heavy atom. The molecule has 1 aliphatic rings. The fraction of sp³-hybridized carbons (Fsp3) is 0.500. The molecular formula is C8H12N2O6. The molecule has 90 valence electrons. The molecule has 0 aromatic carbocycles. The van der Waals surface area contributed by atoms with Crippen LogP contribution in [0.4, 0.5) is 0 Å². The highest BCUT2D eigenvalue weighted by Crippen LogP contribution is 1.95. The molecule has 0 spiro atoms. The van der Waals surface area contributed by atoms with E-state index in [0.717, 1.165) is 0 Å². The van der Waals surface area contributed by atoms with Crippen molar-refractivity contribution < 1.29 is 29.4 Å². The molecule has 0 radical (unpaired) electrons. The van der Waals surface area contributed by atoms with Crippen LogP contribution in [0.5, 0.6) is 0 Å². The van der Waals surface area contributed by atoms with Crippen LogP contribution in [0.1, 0.15) is 19.3 Å². The summed E-state index contributed by atoms with van der Waals surface area (Å²) in [5.41, 5.74) is 5.14. The zero-order valence-corrected chi connectivity index (χ0v) is 8.30. The number of carbonyl (C=O) groups is 4. The molecule has 8 heteroatoms. The van der Waals surface area contributed by atoms with E-state index in [2.05, 4.69) is 5.32 Å². The van der Waals surface area contributed by atoms with Crippen molar-refractivity contribution in [2.75, 3.05) is 0 Å². The Balaban J connectivity index is 0.000000281. The van der Waals surface area contributed by atoms with Gasteiger partial charge in [-0.1, -0.05) is 0 Å². The Labute approximate surface area is 90.4 Å². The lowest BCUT2D eigenvalue weighted by Gasteiger charge is -1.89. The first-order valence-electron chi connectivity index (χ1n) is 4.35. The summed E-state index contributed by atoms with van der Waals surface area (Å²) in [7, 11) is 0. The highest BCUT2D eigenvalue weighted by atomic mass is 16.4. The second-order valence-electron chi connectivity index (χ2n) is 3.01. The van der Waals surface area contributed by atoms with Crippen molar-refractivity contribution in [1.29, 1.82) is 0 Å². The molecule has 0 saturated carbocycles. The van der Waals surface area contributed by atoms with Gasteiger partial charge in [-0.25, -0.2) is 0 Å². The fourth-order valence-electron chi connectivity index (χ4n) is 0.787. The molecule has 0 aromatic rings. The number of aliphatic carboxylic acids is 2. The molecule has 8 nitrogen and oxygen atoms in total. The van der Waals surface area contributed by atoms with E-state index in [0.29, 0.717) is 0 Å². The van der Waals surface area contributed by atoms with Gasteiger partial charge in [0.05, 0.1) is 25.3 Å². The third kappa shape index (κ3) is 6.49. The summed E-state index contributed by atoms with van der Waals surface area (Å²) in [5.74, 6) is -2.79. The van der Waals surface area contributed by atoms with Gasteiger partial charge in [-0.2, -0.15) is 0 Å². The first kappa shape index (κ1) is 14.0. The van der Waals surface area contributed by atoms with Gasteiger partial charge in [-0.15, -0.1) is 0 Å². The van der Waals surface area contributed by atoms with Crippen molar-refractivity contribution in [3.8, 4) is 0 Å². The zero-order valence-electron chi connectivity index (χ0n) is 8.30. The number of carboxylic acid groups (broad SMARTS) is 2. The number of nitrogens with one attached hydrogen (secondary N) is 1. The fourth-order valence-corrected chi connectivity index (χ4v) is 0.787. The molecule has 1 rings (SSSR count). The average Bonchev–Trinajstić information content (AvgIpc) is 2.42. The number of hydrogen-bond acceptors (Lipinski definition) is 5. The summed E-state index contributed by atoms with van der Waals surface area (Å²) in [6.07, 6.45) is -0.455. The average molecular weight is 232 g/mol. The maximum absolute atomic E-state index is 10.3. The number of nitrogens with two attached hydrogens (primary N) is 1. The van der Waals surface area contributed by atoms with Crippen LogP contribution in [-0.4, -0.2) is 40.0 Å². The number of hydrogen-bond donors (Lipinski definition) is 4. The zero-order chi connectivity index (χ0) is 12.7. The molecule has 0 aliphatic carbocycles. The van der Waals surface area contributed by atoms with Crippen LogP contribution in [0.25, 0.3) is 0 Å². The van der Waals surface area contributed by atoms with Gasteiger partial charge >= 0.3 is 11.9 Å². The van der Waals surface area contributed by atoms with Crippen molar-refractivity contribution in [2.45, 2.75) is 25.3 Å². The monoisotopic (exact) mass is 232 g/mol. The summed E-state index contributed by atoms with van der Waals surface area (Å²) in [6, 6.07) is -0.609. The predicted octanol–water partition coefficient (Wildman–Crippen LogP) is -1.70. The number of carboxylic acids is 2. The Morgan fingerprint density at radius 1 is 1.25 bits per heavy atom. The minimum atomic E-state index is -1.08. The normalized spacial score (nSPS) is 18.4. The van der Waals surface area contributed by atoms with Crippen LogP contribution in [0.3, 0.4) is 0 Å². The van der Waals surface area contributed by atoms with Crippen LogP contribution in [0.15, 0.2) is 0 Å². The SMILES string of the molecule is NC1CC(=O)NC1=O.O=C(O)CCC(=O)O. The third-order valence-corrected chi connectivity index (χ3v) is 1.56. The summed E-state index contributed by atoms with van der Waals surface area (Å²) >= 11 is 0. The van der Waals surface area contributed by atoms with E-state index in [1.807, 2.05) is 0 Å². The Hall–Kier alpha value is -1.96. The van der Waals surface area contributed by atoms with Gasteiger partial charge in [-0.3, -0.25) is 24.5 Å². The quantitative estimate of drug-likeness (QED) is 0.424. The highest BCUT2D eigenvalue weighted by Gasteiger charge is 2.26. The van der Waals surface area contributed by atoms with Gasteiger partial charge < -0.3 is 15.9 Å². The number of carbonyl (C=O) groups excluding carboxylic acids is 2. The van der Waals surface area contributed by atoms with Crippen molar-refractivity contribution >= 4 is 23.8 Å². The maximum atomic E-state index is 10.3. The van der Waals surface area contributed by atoms with E-state index in [9.17, 15) is 19.2 Å². The molecule has 2 amide bonds. The summed E-state index contributed by atoms with van der Waals surface area (Å²) in [6.45, 7) is 0. The molecule has 1 aliphatic heterocycles. The van der Waals surface area contributed by atoms with E-state index in [4.69, 9.17) is 15.9 Å². The molecule has 0 bridgehead atoms. The summed E-state index contributed by atoms with van der Waals surface area (Å²) in [4.78, 5) is 39.9. The van der Waals surface area contributed by atoms with Gasteiger partial charge in [0.15, 0.2) is 0 Å². The first-order chi connectivity index (χ1) is 7.32. The lowest BCUT2D eigenvalue weighted by atomic mass is 10.3. The smallest absolute Gasteiger partial charge is 0.303 e. The topological polar surface area (TPSA) is 147 Å². The largest absolute Gasteiger partial charge is 0.481 e.